The molecule has 8 heteroatoms. The Morgan fingerprint density at radius 1 is 1.48 bits per heavy atom. The molecule has 0 unspecified atom stereocenters. The van der Waals surface area contributed by atoms with Gasteiger partial charge >= 0.3 is 5.97 Å². The van der Waals surface area contributed by atoms with Gasteiger partial charge in [0.15, 0.2) is 6.10 Å². The predicted molar refractivity (Wildman–Crippen MR) is 78.3 cm³/mol. The van der Waals surface area contributed by atoms with Crippen LogP contribution in [0.4, 0.5) is 4.39 Å². The first-order valence-electron chi connectivity index (χ1n) is 7.29. The van der Waals surface area contributed by atoms with Crippen molar-refractivity contribution in [2.75, 3.05) is 19.7 Å². The Morgan fingerprint density at radius 2 is 2.30 bits per heavy atom. The number of hydrogen-bond donors (Lipinski definition) is 2. The molecule has 0 radical (unpaired) electrons. The van der Waals surface area contributed by atoms with E-state index in [0.29, 0.717) is 29.8 Å². The average Bonchev–Trinajstić information content (AvgIpc) is 2.94. The van der Waals surface area contributed by atoms with Crippen molar-refractivity contribution in [3.8, 4) is 0 Å². The highest BCUT2D eigenvalue weighted by molar-refractivity contribution is 5.79. The number of rotatable bonds is 4. The first-order valence-corrected chi connectivity index (χ1v) is 7.29. The third-order valence-electron chi connectivity index (χ3n) is 3.76. The van der Waals surface area contributed by atoms with Crippen LogP contribution in [0.1, 0.15) is 12.2 Å². The van der Waals surface area contributed by atoms with Crippen molar-refractivity contribution in [3.63, 3.8) is 0 Å². The van der Waals surface area contributed by atoms with Crippen LogP contribution in [0.25, 0.3) is 11.0 Å². The molecule has 1 aromatic carbocycles. The maximum Gasteiger partial charge on any atom is 0.334 e. The molecule has 2 aromatic rings. The fourth-order valence-electron chi connectivity index (χ4n) is 2.56. The predicted octanol–water partition coefficient (Wildman–Crippen LogP) is 0.947. The Bertz CT molecular complexity index is 745. The monoisotopic (exact) mass is 321 g/mol. The summed E-state index contributed by atoms with van der Waals surface area (Å²) >= 11 is 0. The zero-order valence-corrected chi connectivity index (χ0v) is 12.3. The number of halogens is 1. The SMILES string of the molecule is O=C(O)[C@@H]1CN(C(=O)CCc2nc3ccc(F)cc3[nH]2)CCO1. The lowest BCUT2D eigenvalue weighted by Gasteiger charge is -2.30. The topological polar surface area (TPSA) is 95.5 Å². The number of morpholine rings is 1. The summed E-state index contributed by atoms with van der Waals surface area (Å²) in [5, 5.41) is 8.94. The van der Waals surface area contributed by atoms with Crippen LogP contribution in [0, 0.1) is 5.82 Å². The zero-order valence-electron chi connectivity index (χ0n) is 12.3. The molecule has 0 saturated carbocycles. The minimum atomic E-state index is -1.07. The summed E-state index contributed by atoms with van der Waals surface area (Å²) in [6, 6.07) is 4.26. The second kappa shape index (κ2) is 6.33. The minimum Gasteiger partial charge on any atom is -0.479 e. The number of aryl methyl sites for hydroxylation is 1. The van der Waals surface area contributed by atoms with Gasteiger partial charge in [0, 0.05) is 19.4 Å². The van der Waals surface area contributed by atoms with Crippen molar-refractivity contribution in [3.05, 3.63) is 29.8 Å². The molecular formula is C15H16FN3O4. The number of carboxylic acids is 1. The summed E-state index contributed by atoms with van der Waals surface area (Å²) in [5.74, 6) is -0.966. The summed E-state index contributed by atoms with van der Waals surface area (Å²) in [4.78, 5) is 31.9. The van der Waals surface area contributed by atoms with Gasteiger partial charge in [-0.3, -0.25) is 4.79 Å². The maximum absolute atomic E-state index is 13.1. The van der Waals surface area contributed by atoms with E-state index in [4.69, 9.17) is 9.84 Å². The summed E-state index contributed by atoms with van der Waals surface area (Å²) in [5.41, 5.74) is 1.23. The van der Waals surface area contributed by atoms with Crippen LogP contribution in [0.5, 0.6) is 0 Å². The molecule has 0 spiro atoms. The van der Waals surface area contributed by atoms with Gasteiger partial charge in [0.05, 0.1) is 24.2 Å². The molecule has 1 aliphatic rings. The number of nitrogens with one attached hydrogen (secondary N) is 1. The van der Waals surface area contributed by atoms with Gasteiger partial charge in [-0.1, -0.05) is 0 Å². The molecule has 7 nitrogen and oxygen atoms in total. The highest BCUT2D eigenvalue weighted by Crippen LogP contribution is 2.14. The molecule has 3 rings (SSSR count). The second-order valence-electron chi connectivity index (χ2n) is 5.38. The summed E-state index contributed by atoms with van der Waals surface area (Å²) in [6.45, 7) is 0.653. The van der Waals surface area contributed by atoms with Gasteiger partial charge in [0.25, 0.3) is 0 Å². The number of aromatic nitrogens is 2. The Kier molecular flexibility index (Phi) is 4.24. The lowest BCUT2D eigenvalue weighted by Crippen LogP contribution is -2.48. The Morgan fingerprint density at radius 3 is 3.09 bits per heavy atom. The third kappa shape index (κ3) is 3.48. The van der Waals surface area contributed by atoms with Crippen LogP contribution in [-0.4, -0.2) is 57.7 Å². The minimum absolute atomic E-state index is 0.0551. The number of amides is 1. The number of fused-ring (bicyclic) bond motifs is 1. The van der Waals surface area contributed by atoms with Crippen molar-refractivity contribution in [1.29, 1.82) is 0 Å². The van der Waals surface area contributed by atoms with Gasteiger partial charge in [-0.25, -0.2) is 14.2 Å². The Hall–Kier alpha value is -2.48. The summed E-state index contributed by atoms with van der Waals surface area (Å²) in [6.07, 6.45) is -0.388. The van der Waals surface area contributed by atoms with Crippen molar-refractivity contribution in [1.82, 2.24) is 14.9 Å². The number of hydrogen-bond acceptors (Lipinski definition) is 4. The van der Waals surface area contributed by atoms with Crippen molar-refractivity contribution >= 4 is 22.9 Å². The van der Waals surface area contributed by atoms with Gasteiger partial charge in [0.2, 0.25) is 5.91 Å². The fourth-order valence-corrected chi connectivity index (χ4v) is 2.56. The smallest absolute Gasteiger partial charge is 0.334 e. The van der Waals surface area contributed by atoms with E-state index in [1.807, 2.05) is 0 Å². The molecule has 1 atom stereocenters. The van der Waals surface area contributed by atoms with E-state index in [1.165, 1.54) is 17.0 Å². The number of carbonyl (C=O) groups excluding carboxylic acids is 1. The number of H-pyrrole nitrogens is 1. The Balaban J connectivity index is 1.60. The second-order valence-corrected chi connectivity index (χ2v) is 5.38. The van der Waals surface area contributed by atoms with Crippen LogP contribution in [0.3, 0.4) is 0 Å². The average molecular weight is 321 g/mol. The van der Waals surface area contributed by atoms with Crippen LogP contribution < -0.4 is 0 Å². The number of nitrogens with zero attached hydrogens (tertiary/aromatic N) is 2. The molecule has 1 amide bonds. The molecule has 1 fully saturated rings. The zero-order chi connectivity index (χ0) is 16.4. The van der Waals surface area contributed by atoms with E-state index in [1.54, 1.807) is 6.07 Å². The van der Waals surface area contributed by atoms with Crippen LogP contribution in [-0.2, 0) is 20.7 Å². The van der Waals surface area contributed by atoms with E-state index < -0.39 is 12.1 Å². The highest BCUT2D eigenvalue weighted by atomic mass is 19.1. The van der Waals surface area contributed by atoms with E-state index >= 15 is 0 Å². The van der Waals surface area contributed by atoms with Crippen LogP contribution in [0.2, 0.25) is 0 Å². The number of carbonyl (C=O) groups is 2. The number of benzene rings is 1. The molecule has 122 valence electrons. The fraction of sp³-hybridized carbons (Fsp3) is 0.400. The van der Waals surface area contributed by atoms with Crippen molar-refractivity contribution in [2.45, 2.75) is 18.9 Å². The molecule has 1 aliphatic heterocycles. The normalized spacial score (nSPS) is 18.3. The molecule has 2 heterocycles. The maximum atomic E-state index is 13.1. The molecule has 0 aliphatic carbocycles. The molecule has 1 aromatic heterocycles. The van der Waals surface area contributed by atoms with Crippen molar-refractivity contribution < 1.29 is 23.8 Å². The number of imidazole rings is 1. The summed E-state index contributed by atoms with van der Waals surface area (Å²) in [7, 11) is 0. The largest absolute Gasteiger partial charge is 0.479 e. The van der Waals surface area contributed by atoms with Gasteiger partial charge in [-0.2, -0.15) is 0 Å². The number of carboxylic acid groups (broad SMARTS) is 1. The molecule has 0 bridgehead atoms. The lowest BCUT2D eigenvalue weighted by molar-refractivity contribution is -0.159. The third-order valence-corrected chi connectivity index (χ3v) is 3.76. The quantitative estimate of drug-likeness (QED) is 0.874. The number of aliphatic carboxylic acids is 1. The van der Waals surface area contributed by atoms with Gasteiger partial charge in [-0.15, -0.1) is 0 Å². The Labute approximate surface area is 131 Å². The number of ether oxygens (including phenoxy) is 1. The molecular weight excluding hydrogens is 305 g/mol. The number of aromatic amines is 1. The highest BCUT2D eigenvalue weighted by Gasteiger charge is 2.28. The van der Waals surface area contributed by atoms with E-state index in [2.05, 4.69) is 9.97 Å². The van der Waals surface area contributed by atoms with Crippen molar-refractivity contribution in [2.24, 2.45) is 0 Å². The van der Waals surface area contributed by atoms with Crippen LogP contribution in [0.15, 0.2) is 18.2 Å². The first kappa shape index (κ1) is 15.4. The van der Waals surface area contributed by atoms with Gasteiger partial charge in [0.1, 0.15) is 11.6 Å². The van der Waals surface area contributed by atoms with E-state index in [0.717, 1.165) is 0 Å². The molecule has 1 saturated heterocycles. The van der Waals surface area contributed by atoms with E-state index in [9.17, 15) is 14.0 Å². The summed E-state index contributed by atoms with van der Waals surface area (Å²) < 4.78 is 18.2. The van der Waals surface area contributed by atoms with Gasteiger partial charge in [-0.05, 0) is 18.2 Å². The molecule has 23 heavy (non-hydrogen) atoms. The van der Waals surface area contributed by atoms with Gasteiger partial charge < -0.3 is 19.7 Å². The van der Waals surface area contributed by atoms with Crippen LogP contribution >= 0.6 is 0 Å². The van der Waals surface area contributed by atoms with E-state index in [-0.39, 0.29) is 31.3 Å². The molecule has 2 N–H and O–H groups in total. The lowest BCUT2D eigenvalue weighted by atomic mass is 10.2. The first-order chi connectivity index (χ1) is 11.0. The standard InChI is InChI=1S/C15H16FN3O4/c16-9-1-2-10-11(7-9)18-13(17-10)3-4-14(20)19-5-6-23-12(8-19)15(21)22/h1-2,7,12H,3-6,8H2,(H,17,18)(H,21,22)/t12-/m0/s1.